The lowest BCUT2D eigenvalue weighted by atomic mass is 9.89. The fourth-order valence-electron chi connectivity index (χ4n) is 2.57. The quantitative estimate of drug-likeness (QED) is 0.737. The first-order valence-electron chi connectivity index (χ1n) is 6.47. The lowest BCUT2D eigenvalue weighted by molar-refractivity contribution is 0.104. The van der Waals surface area contributed by atoms with Crippen molar-refractivity contribution in [3.05, 3.63) is 56.8 Å². The number of carbonyl (C=O) groups excluding carboxylic acids is 1. The van der Waals surface area contributed by atoms with Gasteiger partial charge in [-0.2, -0.15) is 0 Å². The van der Waals surface area contributed by atoms with Gasteiger partial charge in [0.1, 0.15) is 0 Å². The molecule has 0 N–H and O–H groups in total. The predicted molar refractivity (Wildman–Crippen MR) is 75.6 cm³/mol. The van der Waals surface area contributed by atoms with E-state index >= 15 is 0 Å². The van der Waals surface area contributed by atoms with Crippen molar-refractivity contribution in [2.45, 2.75) is 32.6 Å². The van der Waals surface area contributed by atoms with Crippen LogP contribution >= 0.6 is 11.3 Å². The van der Waals surface area contributed by atoms with Gasteiger partial charge in [-0.05, 0) is 61.9 Å². The van der Waals surface area contributed by atoms with Gasteiger partial charge in [0.25, 0.3) is 0 Å². The summed E-state index contributed by atoms with van der Waals surface area (Å²) in [6.45, 7) is 2.04. The predicted octanol–water partition coefficient (Wildman–Crippen LogP) is 4.17. The minimum atomic E-state index is 0.168. The summed E-state index contributed by atoms with van der Waals surface area (Å²) in [4.78, 5) is 14.4. The lowest BCUT2D eigenvalue weighted by Gasteiger charge is -2.16. The minimum Gasteiger partial charge on any atom is -0.288 e. The molecule has 0 spiro atoms. The van der Waals surface area contributed by atoms with E-state index in [2.05, 4.69) is 12.1 Å². The summed E-state index contributed by atoms with van der Waals surface area (Å²) in [5.41, 5.74) is 3.65. The Bertz CT molecular complexity index is 595. The first kappa shape index (κ1) is 11.7. The number of benzene rings is 1. The number of aryl methyl sites for hydroxylation is 3. The first-order chi connectivity index (χ1) is 8.74. The number of hydrogen-bond donors (Lipinski definition) is 0. The Hall–Kier alpha value is -1.41. The fraction of sp³-hybridized carbons (Fsp3) is 0.312. The molecule has 18 heavy (non-hydrogen) atoms. The van der Waals surface area contributed by atoms with Crippen LogP contribution in [0.1, 0.15) is 44.1 Å². The van der Waals surface area contributed by atoms with Gasteiger partial charge >= 0.3 is 0 Å². The maximum atomic E-state index is 12.4. The number of ketones is 1. The van der Waals surface area contributed by atoms with Crippen LogP contribution in [0.15, 0.2) is 30.3 Å². The number of hydrogen-bond acceptors (Lipinski definition) is 2. The summed E-state index contributed by atoms with van der Waals surface area (Å²) in [5, 5.41) is 0. The molecule has 1 aliphatic rings. The molecule has 0 radical (unpaired) electrons. The molecule has 1 aliphatic carbocycles. The summed E-state index contributed by atoms with van der Waals surface area (Å²) in [5.74, 6) is 0.168. The van der Waals surface area contributed by atoms with Gasteiger partial charge in [-0.1, -0.05) is 12.1 Å². The molecular weight excluding hydrogens is 240 g/mol. The van der Waals surface area contributed by atoms with E-state index in [9.17, 15) is 4.79 Å². The highest BCUT2D eigenvalue weighted by molar-refractivity contribution is 7.14. The van der Waals surface area contributed by atoms with Crippen LogP contribution < -0.4 is 0 Å². The first-order valence-corrected chi connectivity index (χ1v) is 7.28. The Kier molecular flexibility index (Phi) is 3.04. The molecule has 2 heteroatoms. The van der Waals surface area contributed by atoms with Crippen molar-refractivity contribution >= 4 is 17.1 Å². The number of fused-ring (bicyclic) bond motifs is 1. The van der Waals surface area contributed by atoms with E-state index in [-0.39, 0.29) is 5.78 Å². The van der Waals surface area contributed by atoms with Gasteiger partial charge in [-0.3, -0.25) is 4.79 Å². The topological polar surface area (TPSA) is 17.1 Å². The molecule has 0 unspecified atom stereocenters. The van der Waals surface area contributed by atoms with Crippen molar-refractivity contribution in [2.24, 2.45) is 0 Å². The van der Waals surface area contributed by atoms with Crippen molar-refractivity contribution in [3.63, 3.8) is 0 Å². The van der Waals surface area contributed by atoms with Crippen molar-refractivity contribution in [3.8, 4) is 0 Å². The Morgan fingerprint density at radius 1 is 1.06 bits per heavy atom. The molecule has 3 rings (SSSR count). The molecule has 2 aromatic rings. The molecule has 1 aromatic heterocycles. The number of carbonyl (C=O) groups is 1. The fourth-order valence-corrected chi connectivity index (χ4v) is 3.40. The average Bonchev–Trinajstić information content (AvgIpc) is 2.84. The molecule has 1 nitrogen and oxygen atoms in total. The Morgan fingerprint density at radius 2 is 1.83 bits per heavy atom. The van der Waals surface area contributed by atoms with Gasteiger partial charge in [0.05, 0.1) is 4.88 Å². The normalized spacial score (nSPS) is 14.3. The second kappa shape index (κ2) is 4.69. The monoisotopic (exact) mass is 256 g/mol. The Balaban J connectivity index is 1.95. The van der Waals surface area contributed by atoms with Crippen LogP contribution in [0.3, 0.4) is 0 Å². The van der Waals surface area contributed by atoms with E-state index in [1.807, 2.05) is 25.1 Å². The van der Waals surface area contributed by atoms with E-state index in [0.29, 0.717) is 0 Å². The summed E-state index contributed by atoms with van der Waals surface area (Å²) < 4.78 is 0. The molecular formula is C16H16OS. The van der Waals surface area contributed by atoms with Crippen molar-refractivity contribution in [1.82, 2.24) is 0 Å². The molecule has 0 amide bonds. The zero-order valence-corrected chi connectivity index (χ0v) is 11.3. The number of rotatable bonds is 2. The van der Waals surface area contributed by atoms with Crippen LogP contribution in [-0.2, 0) is 12.8 Å². The third-order valence-corrected chi connectivity index (χ3v) is 4.57. The summed E-state index contributed by atoms with van der Waals surface area (Å²) >= 11 is 1.58. The highest BCUT2D eigenvalue weighted by Gasteiger charge is 2.15. The average molecular weight is 256 g/mol. The molecule has 92 valence electrons. The maximum absolute atomic E-state index is 12.4. The van der Waals surface area contributed by atoms with Crippen molar-refractivity contribution < 1.29 is 4.79 Å². The smallest absolute Gasteiger partial charge is 0.202 e. The molecule has 0 saturated carbocycles. The van der Waals surface area contributed by atoms with Crippen LogP contribution in [0.4, 0.5) is 0 Å². The molecule has 0 bridgehead atoms. The highest BCUT2D eigenvalue weighted by atomic mass is 32.1. The van der Waals surface area contributed by atoms with Crippen LogP contribution in [0, 0.1) is 6.92 Å². The van der Waals surface area contributed by atoms with Crippen LogP contribution in [0.25, 0.3) is 0 Å². The Morgan fingerprint density at radius 3 is 2.56 bits per heavy atom. The molecule has 0 fully saturated rings. The standard InChI is InChI=1S/C16H16OS/c1-11-6-9-15(18-11)16(17)14-8-7-12-4-2-3-5-13(12)10-14/h6-10H,2-5H2,1H3. The minimum absolute atomic E-state index is 0.168. The zero-order valence-electron chi connectivity index (χ0n) is 10.5. The van der Waals surface area contributed by atoms with Crippen molar-refractivity contribution in [1.29, 1.82) is 0 Å². The second-order valence-corrected chi connectivity index (χ2v) is 6.22. The van der Waals surface area contributed by atoms with Gasteiger partial charge in [0.2, 0.25) is 5.78 Å². The highest BCUT2D eigenvalue weighted by Crippen LogP contribution is 2.25. The summed E-state index contributed by atoms with van der Waals surface area (Å²) in [7, 11) is 0. The van der Waals surface area contributed by atoms with Crippen LogP contribution in [0.2, 0.25) is 0 Å². The van der Waals surface area contributed by atoms with Crippen LogP contribution in [-0.4, -0.2) is 5.78 Å². The third-order valence-electron chi connectivity index (χ3n) is 3.57. The molecule has 1 aromatic carbocycles. The number of thiophene rings is 1. The van der Waals surface area contributed by atoms with E-state index in [1.54, 1.807) is 11.3 Å². The molecule has 0 saturated heterocycles. The molecule has 0 aliphatic heterocycles. The second-order valence-electron chi connectivity index (χ2n) is 4.93. The van der Waals surface area contributed by atoms with Gasteiger partial charge < -0.3 is 0 Å². The Labute approximate surface area is 111 Å². The molecule has 0 atom stereocenters. The van der Waals surface area contributed by atoms with Crippen LogP contribution in [0.5, 0.6) is 0 Å². The maximum Gasteiger partial charge on any atom is 0.202 e. The van der Waals surface area contributed by atoms with E-state index < -0.39 is 0 Å². The van der Waals surface area contributed by atoms with E-state index in [4.69, 9.17) is 0 Å². The van der Waals surface area contributed by atoms with E-state index in [0.717, 1.165) is 16.9 Å². The van der Waals surface area contributed by atoms with E-state index in [1.165, 1.54) is 35.3 Å². The summed E-state index contributed by atoms with van der Waals surface area (Å²) in [6.07, 6.45) is 4.83. The van der Waals surface area contributed by atoms with Gasteiger partial charge in [0.15, 0.2) is 0 Å². The largest absolute Gasteiger partial charge is 0.288 e. The van der Waals surface area contributed by atoms with Gasteiger partial charge in [-0.25, -0.2) is 0 Å². The summed E-state index contributed by atoms with van der Waals surface area (Å²) in [6, 6.07) is 10.2. The zero-order chi connectivity index (χ0) is 12.5. The van der Waals surface area contributed by atoms with Crippen molar-refractivity contribution in [2.75, 3.05) is 0 Å². The van der Waals surface area contributed by atoms with Gasteiger partial charge in [0, 0.05) is 10.4 Å². The van der Waals surface area contributed by atoms with Gasteiger partial charge in [-0.15, -0.1) is 11.3 Å². The lowest BCUT2D eigenvalue weighted by Crippen LogP contribution is -2.06. The molecule has 1 heterocycles. The third kappa shape index (κ3) is 2.13. The SMILES string of the molecule is Cc1ccc(C(=O)c2ccc3c(c2)CCCC3)s1.